The second kappa shape index (κ2) is 8.20. The molecule has 3 aliphatic heterocycles. The number of hydrogen-bond donors (Lipinski definition) is 3. The van der Waals surface area contributed by atoms with Crippen LogP contribution >= 0.6 is 0 Å². The Bertz CT molecular complexity index is 1100. The highest BCUT2D eigenvalue weighted by Crippen LogP contribution is 2.30. The number of anilines is 1. The highest BCUT2D eigenvalue weighted by Gasteiger charge is 2.34. The molecule has 10 heteroatoms. The quantitative estimate of drug-likeness (QED) is 0.671. The molecular weight excluding hydrogens is 417 g/mol. The summed E-state index contributed by atoms with van der Waals surface area (Å²) in [5.41, 5.74) is 10.8. The van der Waals surface area contributed by atoms with E-state index in [4.69, 9.17) is 5.73 Å². The predicted molar refractivity (Wildman–Crippen MR) is 120 cm³/mol. The maximum atomic E-state index is 13.3. The van der Waals surface area contributed by atoms with Crippen LogP contribution in [0.25, 0.3) is 0 Å². The van der Waals surface area contributed by atoms with Gasteiger partial charge in [-0.3, -0.25) is 15.0 Å². The van der Waals surface area contributed by atoms with E-state index in [0.29, 0.717) is 17.3 Å². The molecule has 0 saturated carbocycles. The summed E-state index contributed by atoms with van der Waals surface area (Å²) in [5.74, 6) is 0.476. The molecule has 2 aromatic rings. The summed E-state index contributed by atoms with van der Waals surface area (Å²) < 4.78 is 28.5. The lowest BCUT2D eigenvalue weighted by molar-refractivity contribution is 0.403. The third-order valence-electron chi connectivity index (χ3n) is 5.61. The van der Waals surface area contributed by atoms with E-state index in [9.17, 15) is 8.60 Å². The van der Waals surface area contributed by atoms with Crippen molar-refractivity contribution in [2.24, 2.45) is 26.7 Å². The Morgan fingerprint density at radius 2 is 2.00 bits per heavy atom. The van der Waals surface area contributed by atoms with E-state index in [1.807, 2.05) is 28.6 Å². The highest BCUT2D eigenvalue weighted by molar-refractivity contribution is 7.86. The molecule has 4 atom stereocenters. The number of guanidine groups is 1. The topological polar surface area (TPSA) is 107 Å². The van der Waals surface area contributed by atoms with E-state index in [1.54, 1.807) is 18.3 Å². The van der Waals surface area contributed by atoms with Crippen LogP contribution in [0.1, 0.15) is 12.0 Å². The molecule has 0 aliphatic carbocycles. The number of amidine groups is 1. The lowest BCUT2D eigenvalue weighted by Crippen LogP contribution is -2.49. The zero-order valence-corrected chi connectivity index (χ0v) is 17.4. The average Bonchev–Trinajstić information content (AvgIpc) is 3.15. The van der Waals surface area contributed by atoms with Crippen LogP contribution in [0.2, 0.25) is 0 Å². The molecule has 8 nitrogen and oxygen atoms in total. The zero-order valence-electron chi connectivity index (χ0n) is 16.6. The standard InChI is InChI=1S/C21H22FN7OS/c22-14-5-7-16(8-6-14)31(30)29-10-9-15(11-13-3-1-2-4-18(13)29)25-19-17-12-24-28-20(17)27-21(23)26-19/h1-8,12,15,17,19,25H,9-11H2,(H3,23,26,27,28). The monoisotopic (exact) mass is 439 g/mol. The molecule has 0 bridgehead atoms. The van der Waals surface area contributed by atoms with E-state index in [0.717, 1.165) is 24.1 Å². The van der Waals surface area contributed by atoms with E-state index in [1.165, 1.54) is 12.1 Å². The normalized spacial score (nSPS) is 25.6. The number of halogens is 1. The fourth-order valence-electron chi connectivity index (χ4n) is 4.10. The number of aliphatic imine (C=N–C) groups is 2. The third-order valence-corrected chi connectivity index (χ3v) is 7.06. The van der Waals surface area contributed by atoms with Gasteiger partial charge in [0.05, 0.1) is 16.5 Å². The van der Waals surface area contributed by atoms with E-state index in [-0.39, 0.29) is 29.9 Å². The molecule has 4 N–H and O–H groups in total. The van der Waals surface area contributed by atoms with E-state index >= 15 is 0 Å². The van der Waals surface area contributed by atoms with Crippen molar-refractivity contribution in [2.75, 3.05) is 10.8 Å². The molecule has 3 heterocycles. The minimum absolute atomic E-state index is 0.0877. The van der Waals surface area contributed by atoms with Crippen molar-refractivity contribution in [2.45, 2.75) is 29.9 Å². The Labute approximate surface area is 181 Å². The van der Waals surface area contributed by atoms with Gasteiger partial charge in [0, 0.05) is 18.8 Å². The summed E-state index contributed by atoms with van der Waals surface area (Å²) >= 11 is 0. The van der Waals surface area contributed by atoms with Gasteiger partial charge >= 0.3 is 0 Å². The molecule has 4 unspecified atom stereocenters. The van der Waals surface area contributed by atoms with Crippen molar-refractivity contribution >= 4 is 34.7 Å². The third kappa shape index (κ3) is 3.96. The minimum atomic E-state index is -1.44. The maximum Gasteiger partial charge on any atom is 0.218 e. The molecular formula is C21H22FN7OS. The van der Waals surface area contributed by atoms with Crippen molar-refractivity contribution in [3.8, 4) is 0 Å². The smallest absolute Gasteiger partial charge is 0.218 e. The van der Waals surface area contributed by atoms with Crippen molar-refractivity contribution in [3.05, 3.63) is 59.9 Å². The van der Waals surface area contributed by atoms with Gasteiger partial charge in [-0.15, -0.1) is 0 Å². The van der Waals surface area contributed by atoms with Crippen LogP contribution in [-0.2, 0) is 17.4 Å². The first-order valence-electron chi connectivity index (χ1n) is 10.1. The van der Waals surface area contributed by atoms with Gasteiger partial charge in [0.25, 0.3) is 0 Å². The number of benzene rings is 2. The van der Waals surface area contributed by atoms with Gasteiger partial charge in [0.15, 0.2) is 11.0 Å². The van der Waals surface area contributed by atoms with Crippen LogP contribution in [0.5, 0.6) is 0 Å². The Morgan fingerprint density at radius 1 is 1.19 bits per heavy atom. The number of nitrogens with two attached hydrogens (primary N) is 1. The molecule has 160 valence electrons. The van der Waals surface area contributed by atoms with Gasteiger partial charge in [0.1, 0.15) is 17.8 Å². The molecule has 0 amide bonds. The largest absolute Gasteiger partial charge is 0.368 e. The van der Waals surface area contributed by atoms with Crippen LogP contribution < -0.4 is 20.8 Å². The number of hydrazone groups is 1. The van der Waals surface area contributed by atoms with Crippen molar-refractivity contribution in [3.63, 3.8) is 0 Å². The first kappa shape index (κ1) is 19.8. The summed E-state index contributed by atoms with van der Waals surface area (Å²) in [5, 5.41) is 7.68. The molecule has 2 aromatic carbocycles. The number of nitrogens with one attached hydrogen (secondary N) is 2. The van der Waals surface area contributed by atoms with Crippen molar-refractivity contribution in [1.82, 2.24) is 10.7 Å². The predicted octanol–water partition coefficient (Wildman–Crippen LogP) is 1.52. The fraction of sp³-hybridized carbons (Fsp3) is 0.286. The fourth-order valence-corrected chi connectivity index (χ4v) is 5.35. The molecule has 31 heavy (non-hydrogen) atoms. The van der Waals surface area contributed by atoms with Crippen LogP contribution in [0.3, 0.4) is 0 Å². The van der Waals surface area contributed by atoms with Crippen LogP contribution in [0.15, 0.2) is 68.5 Å². The second-order valence-corrected chi connectivity index (χ2v) is 9.05. The second-order valence-electron chi connectivity index (χ2n) is 7.64. The minimum Gasteiger partial charge on any atom is -0.368 e. The number of rotatable bonds is 4. The Kier molecular flexibility index (Phi) is 5.24. The summed E-state index contributed by atoms with van der Waals surface area (Å²) in [7, 11) is -1.44. The maximum absolute atomic E-state index is 13.3. The number of fused-ring (bicyclic) bond motifs is 2. The summed E-state index contributed by atoms with van der Waals surface area (Å²) in [4.78, 5) is 9.25. The Hall–Kier alpha value is -3.11. The lowest BCUT2D eigenvalue weighted by atomic mass is 10.0. The van der Waals surface area contributed by atoms with Crippen LogP contribution in [-0.4, -0.2) is 41.0 Å². The van der Waals surface area contributed by atoms with Gasteiger partial charge in [-0.05, 0) is 48.7 Å². The van der Waals surface area contributed by atoms with Gasteiger partial charge < -0.3 is 5.73 Å². The molecule has 0 spiro atoms. The highest BCUT2D eigenvalue weighted by atomic mass is 32.2. The molecule has 5 rings (SSSR count). The lowest BCUT2D eigenvalue weighted by Gasteiger charge is -2.27. The number of hydrogen-bond acceptors (Lipinski definition) is 7. The molecule has 3 aliphatic rings. The van der Waals surface area contributed by atoms with Gasteiger partial charge in [-0.1, -0.05) is 18.2 Å². The Morgan fingerprint density at radius 3 is 2.84 bits per heavy atom. The van der Waals surface area contributed by atoms with E-state index < -0.39 is 11.0 Å². The number of nitrogens with zero attached hydrogens (tertiary/aromatic N) is 4. The molecule has 0 aromatic heterocycles. The summed E-state index contributed by atoms with van der Waals surface area (Å²) in [6.07, 6.45) is 3.02. The molecule has 0 fully saturated rings. The number of para-hydroxylation sites is 1. The van der Waals surface area contributed by atoms with Crippen molar-refractivity contribution < 1.29 is 8.60 Å². The molecule has 0 saturated heterocycles. The first-order valence-corrected chi connectivity index (χ1v) is 11.2. The average molecular weight is 440 g/mol. The van der Waals surface area contributed by atoms with Gasteiger partial charge in [-0.25, -0.2) is 13.6 Å². The summed E-state index contributed by atoms with van der Waals surface area (Å²) in [6.45, 7) is 0.572. The van der Waals surface area contributed by atoms with Crippen LogP contribution in [0.4, 0.5) is 10.1 Å². The summed E-state index contributed by atoms with van der Waals surface area (Å²) in [6, 6.07) is 13.9. The zero-order chi connectivity index (χ0) is 21.4. The first-order chi connectivity index (χ1) is 15.1. The van der Waals surface area contributed by atoms with E-state index in [2.05, 4.69) is 25.8 Å². The van der Waals surface area contributed by atoms with Crippen LogP contribution in [0, 0.1) is 11.7 Å². The van der Waals surface area contributed by atoms with Gasteiger partial charge in [-0.2, -0.15) is 10.1 Å². The SMILES string of the molecule is NC1=NC(NC2CCN(S(=O)c3ccc(F)cc3)c3ccccc3C2)C2C=NNC2=N1. The van der Waals surface area contributed by atoms with Gasteiger partial charge in [0.2, 0.25) is 5.96 Å². The molecule has 0 radical (unpaired) electrons. The Balaban J connectivity index is 1.39. The van der Waals surface area contributed by atoms with Crippen molar-refractivity contribution in [1.29, 1.82) is 0 Å².